The Labute approximate surface area is 140 Å². The number of piperazine rings is 1. The summed E-state index contributed by atoms with van der Waals surface area (Å²) in [6.45, 7) is 0.196. The van der Waals surface area contributed by atoms with Crippen molar-refractivity contribution in [1.82, 2.24) is 10.6 Å². The smallest absolute Gasteiger partial charge is 0.237 e. The van der Waals surface area contributed by atoms with Crippen LogP contribution in [0.25, 0.3) is 0 Å². The van der Waals surface area contributed by atoms with Crippen LogP contribution in [0, 0.1) is 0 Å². The maximum atomic E-state index is 12.3. The molecule has 0 bridgehead atoms. The molecule has 3 aliphatic rings. The summed E-state index contributed by atoms with van der Waals surface area (Å²) >= 11 is 0. The number of amides is 2. The normalized spacial score (nSPS) is 28.0. The Balaban J connectivity index is 1.36. The van der Waals surface area contributed by atoms with Crippen LogP contribution < -0.4 is 25.4 Å². The van der Waals surface area contributed by atoms with E-state index < -0.39 is 6.04 Å². The highest BCUT2D eigenvalue weighted by molar-refractivity contribution is 5.96. The summed E-state index contributed by atoms with van der Waals surface area (Å²) in [5.74, 6) is 1.01. The number of nitrogens with one attached hydrogen (secondary N) is 3. The van der Waals surface area contributed by atoms with Gasteiger partial charge in [0.1, 0.15) is 0 Å². The standard InChI is InChI=1S/C17H21N3O4/c21-16(18-10-5-6-14-15(7-10)24-9-23-14)8-13-17(22)20-12-4-2-1-3-11(12)19-13/h5-7,11-13,19H,1-4,8-9H2,(H,18,21)(H,20,22)/t11-,12-,13+/m0/s1. The van der Waals surface area contributed by atoms with Gasteiger partial charge in [-0.25, -0.2) is 0 Å². The summed E-state index contributed by atoms with van der Waals surface area (Å²) < 4.78 is 10.5. The molecule has 1 saturated heterocycles. The molecule has 2 amide bonds. The second-order valence-electron chi connectivity index (χ2n) is 6.55. The minimum atomic E-state index is -0.474. The average Bonchev–Trinajstić information content (AvgIpc) is 3.03. The number of fused-ring (bicyclic) bond motifs is 2. The van der Waals surface area contributed by atoms with Crippen molar-refractivity contribution in [2.24, 2.45) is 0 Å². The van der Waals surface area contributed by atoms with Gasteiger partial charge in [0.25, 0.3) is 0 Å². The van der Waals surface area contributed by atoms with Gasteiger partial charge in [0.05, 0.1) is 12.5 Å². The summed E-state index contributed by atoms with van der Waals surface area (Å²) in [5, 5.41) is 9.22. The molecule has 2 heterocycles. The van der Waals surface area contributed by atoms with Crippen molar-refractivity contribution in [3.63, 3.8) is 0 Å². The summed E-state index contributed by atoms with van der Waals surface area (Å²) in [6, 6.07) is 5.26. The Morgan fingerprint density at radius 1 is 1.17 bits per heavy atom. The van der Waals surface area contributed by atoms with Gasteiger partial charge in [-0.15, -0.1) is 0 Å². The van der Waals surface area contributed by atoms with Gasteiger partial charge in [0.15, 0.2) is 11.5 Å². The molecule has 7 heteroatoms. The minimum absolute atomic E-state index is 0.0843. The lowest BCUT2D eigenvalue weighted by molar-refractivity contribution is -0.129. The van der Waals surface area contributed by atoms with Crippen molar-refractivity contribution in [2.45, 2.75) is 50.2 Å². The molecule has 128 valence electrons. The lowest BCUT2D eigenvalue weighted by atomic mass is 9.87. The van der Waals surface area contributed by atoms with Crippen LogP contribution in [-0.2, 0) is 9.59 Å². The summed E-state index contributed by atoms with van der Waals surface area (Å²) in [6.07, 6.45) is 4.49. The zero-order valence-corrected chi connectivity index (χ0v) is 13.3. The molecular formula is C17H21N3O4. The molecule has 3 atom stereocenters. The van der Waals surface area contributed by atoms with Gasteiger partial charge >= 0.3 is 0 Å². The van der Waals surface area contributed by atoms with Crippen molar-refractivity contribution >= 4 is 17.5 Å². The van der Waals surface area contributed by atoms with Gasteiger partial charge in [-0.3, -0.25) is 9.59 Å². The van der Waals surface area contributed by atoms with E-state index in [2.05, 4.69) is 16.0 Å². The second kappa shape index (κ2) is 6.32. The quantitative estimate of drug-likeness (QED) is 0.773. The van der Waals surface area contributed by atoms with Crippen molar-refractivity contribution in [3.05, 3.63) is 18.2 Å². The molecule has 1 saturated carbocycles. The van der Waals surface area contributed by atoms with E-state index in [1.807, 2.05) is 0 Å². The fourth-order valence-corrected chi connectivity index (χ4v) is 3.64. The fourth-order valence-electron chi connectivity index (χ4n) is 3.64. The molecule has 1 aromatic rings. The Morgan fingerprint density at radius 2 is 1.96 bits per heavy atom. The molecule has 3 N–H and O–H groups in total. The molecule has 0 radical (unpaired) electrons. The van der Waals surface area contributed by atoms with Gasteiger partial charge in [0.2, 0.25) is 18.6 Å². The lowest BCUT2D eigenvalue weighted by Crippen LogP contribution is -2.65. The number of benzene rings is 1. The first-order valence-electron chi connectivity index (χ1n) is 8.45. The summed E-state index contributed by atoms with van der Waals surface area (Å²) in [7, 11) is 0. The van der Waals surface area contributed by atoms with Crippen molar-refractivity contribution in [2.75, 3.05) is 12.1 Å². The average molecular weight is 331 g/mol. The zero-order valence-electron chi connectivity index (χ0n) is 13.3. The van der Waals surface area contributed by atoms with Crippen LogP contribution in [0.1, 0.15) is 32.1 Å². The highest BCUT2D eigenvalue weighted by Gasteiger charge is 2.36. The Bertz CT molecular complexity index is 663. The molecule has 2 aliphatic heterocycles. The largest absolute Gasteiger partial charge is 0.454 e. The van der Waals surface area contributed by atoms with E-state index in [-0.39, 0.29) is 37.1 Å². The van der Waals surface area contributed by atoms with Gasteiger partial charge in [-0.05, 0) is 25.0 Å². The van der Waals surface area contributed by atoms with Crippen LogP contribution in [0.15, 0.2) is 18.2 Å². The first-order valence-corrected chi connectivity index (χ1v) is 8.45. The molecule has 1 aromatic carbocycles. The topological polar surface area (TPSA) is 88.7 Å². The molecule has 4 rings (SSSR count). The van der Waals surface area contributed by atoms with Crippen molar-refractivity contribution in [3.8, 4) is 11.5 Å². The summed E-state index contributed by atoms with van der Waals surface area (Å²) in [4.78, 5) is 24.5. The van der Waals surface area contributed by atoms with Crippen molar-refractivity contribution in [1.29, 1.82) is 0 Å². The predicted molar refractivity (Wildman–Crippen MR) is 86.9 cm³/mol. The van der Waals surface area contributed by atoms with Crippen LogP contribution in [0.4, 0.5) is 5.69 Å². The van der Waals surface area contributed by atoms with Gasteiger partial charge < -0.3 is 25.4 Å². The number of carbonyl (C=O) groups is 2. The number of hydrogen-bond donors (Lipinski definition) is 3. The van der Waals surface area contributed by atoms with Crippen LogP contribution >= 0.6 is 0 Å². The molecule has 1 aliphatic carbocycles. The third-order valence-corrected chi connectivity index (χ3v) is 4.87. The van der Waals surface area contributed by atoms with E-state index in [0.717, 1.165) is 19.3 Å². The first kappa shape index (κ1) is 15.3. The van der Waals surface area contributed by atoms with Crippen LogP contribution in [0.5, 0.6) is 11.5 Å². The number of anilines is 1. The molecule has 0 unspecified atom stereocenters. The van der Waals surface area contributed by atoms with Crippen LogP contribution in [0.3, 0.4) is 0 Å². The monoisotopic (exact) mass is 331 g/mol. The Kier molecular flexibility index (Phi) is 4.02. The SMILES string of the molecule is O=C(C[C@H]1N[C@H]2CCCC[C@@H]2NC1=O)Nc1ccc2c(c1)OCO2. The molecule has 24 heavy (non-hydrogen) atoms. The van der Waals surface area contributed by atoms with Crippen LogP contribution in [-0.4, -0.2) is 36.7 Å². The fraction of sp³-hybridized carbons (Fsp3) is 0.529. The van der Waals surface area contributed by atoms with E-state index in [0.29, 0.717) is 17.2 Å². The first-order chi connectivity index (χ1) is 11.7. The van der Waals surface area contributed by atoms with Gasteiger partial charge in [-0.1, -0.05) is 12.8 Å². The van der Waals surface area contributed by atoms with Gasteiger partial charge in [-0.2, -0.15) is 0 Å². The summed E-state index contributed by atoms with van der Waals surface area (Å²) in [5.41, 5.74) is 0.635. The third-order valence-electron chi connectivity index (χ3n) is 4.87. The number of carbonyl (C=O) groups excluding carboxylic acids is 2. The minimum Gasteiger partial charge on any atom is -0.454 e. The highest BCUT2D eigenvalue weighted by atomic mass is 16.7. The second-order valence-corrected chi connectivity index (χ2v) is 6.55. The maximum absolute atomic E-state index is 12.3. The third kappa shape index (κ3) is 3.03. The predicted octanol–water partition coefficient (Wildman–Crippen LogP) is 1.14. The highest BCUT2D eigenvalue weighted by Crippen LogP contribution is 2.34. The van der Waals surface area contributed by atoms with Gasteiger partial charge in [0, 0.05) is 23.8 Å². The van der Waals surface area contributed by atoms with E-state index in [9.17, 15) is 9.59 Å². The molecule has 0 spiro atoms. The molecule has 7 nitrogen and oxygen atoms in total. The molecular weight excluding hydrogens is 310 g/mol. The lowest BCUT2D eigenvalue weighted by Gasteiger charge is -2.40. The molecule has 0 aromatic heterocycles. The van der Waals surface area contributed by atoms with E-state index in [4.69, 9.17) is 9.47 Å². The van der Waals surface area contributed by atoms with Crippen molar-refractivity contribution < 1.29 is 19.1 Å². The number of hydrogen-bond acceptors (Lipinski definition) is 5. The Morgan fingerprint density at radius 3 is 2.83 bits per heavy atom. The molecule has 2 fully saturated rings. The number of ether oxygens (including phenoxy) is 2. The van der Waals surface area contributed by atoms with E-state index in [1.54, 1.807) is 18.2 Å². The maximum Gasteiger partial charge on any atom is 0.237 e. The zero-order chi connectivity index (χ0) is 16.5. The van der Waals surface area contributed by atoms with E-state index >= 15 is 0 Å². The number of rotatable bonds is 3. The van der Waals surface area contributed by atoms with Crippen LogP contribution in [0.2, 0.25) is 0 Å². The van der Waals surface area contributed by atoms with E-state index in [1.165, 1.54) is 6.42 Å². The Hall–Kier alpha value is -2.28.